The highest BCUT2D eigenvalue weighted by Gasteiger charge is 2.03. The number of aromatic amines is 1. The minimum atomic E-state index is 0.721. The second kappa shape index (κ2) is 3.90. The van der Waals surface area contributed by atoms with E-state index >= 15 is 0 Å². The van der Waals surface area contributed by atoms with E-state index in [9.17, 15) is 0 Å². The molecule has 84 valence electrons. The van der Waals surface area contributed by atoms with E-state index in [1.54, 1.807) is 12.4 Å². The number of benzene rings is 1. The number of hydrogen-bond acceptors (Lipinski definition) is 3. The first-order valence-corrected chi connectivity index (χ1v) is 5.35. The second-order valence-corrected chi connectivity index (χ2v) is 3.82. The van der Waals surface area contributed by atoms with Crippen molar-refractivity contribution in [3.8, 4) is 11.5 Å². The van der Waals surface area contributed by atoms with Crippen molar-refractivity contribution >= 4 is 10.9 Å². The van der Waals surface area contributed by atoms with Crippen molar-refractivity contribution in [1.29, 1.82) is 0 Å². The molecule has 0 bridgehead atoms. The van der Waals surface area contributed by atoms with Gasteiger partial charge in [0, 0.05) is 23.3 Å². The van der Waals surface area contributed by atoms with Gasteiger partial charge in [-0.1, -0.05) is 0 Å². The summed E-state index contributed by atoms with van der Waals surface area (Å²) in [6, 6.07) is 9.54. The van der Waals surface area contributed by atoms with Crippen LogP contribution in [-0.2, 0) is 0 Å². The van der Waals surface area contributed by atoms with Crippen molar-refractivity contribution in [2.75, 3.05) is 0 Å². The Kier molecular flexibility index (Phi) is 2.26. The summed E-state index contributed by atoms with van der Waals surface area (Å²) in [5.41, 5.74) is 1.97. The maximum Gasteiger partial charge on any atom is 0.145 e. The average molecular weight is 225 g/mol. The molecule has 1 aromatic carbocycles. The van der Waals surface area contributed by atoms with Crippen LogP contribution in [0.1, 0.15) is 5.69 Å². The van der Waals surface area contributed by atoms with Crippen LogP contribution in [0, 0.1) is 6.92 Å². The fourth-order valence-corrected chi connectivity index (χ4v) is 1.73. The summed E-state index contributed by atoms with van der Waals surface area (Å²) in [5, 5.41) is 8.26. The van der Waals surface area contributed by atoms with E-state index in [1.165, 1.54) is 0 Å². The van der Waals surface area contributed by atoms with Crippen LogP contribution in [0.25, 0.3) is 10.9 Å². The van der Waals surface area contributed by atoms with Crippen molar-refractivity contribution in [3.05, 3.63) is 48.4 Å². The lowest BCUT2D eigenvalue weighted by Gasteiger charge is -2.04. The van der Waals surface area contributed by atoms with Crippen molar-refractivity contribution in [2.24, 2.45) is 0 Å². The van der Waals surface area contributed by atoms with Crippen LogP contribution in [0.15, 0.2) is 42.7 Å². The molecule has 0 aliphatic rings. The minimum Gasteiger partial charge on any atom is -0.456 e. The van der Waals surface area contributed by atoms with Gasteiger partial charge in [0.25, 0.3) is 0 Å². The highest BCUT2D eigenvalue weighted by Crippen LogP contribution is 2.25. The van der Waals surface area contributed by atoms with E-state index in [1.807, 2.05) is 37.3 Å². The zero-order valence-electron chi connectivity index (χ0n) is 9.34. The molecular weight excluding hydrogens is 214 g/mol. The standard InChI is InChI=1S/C13H11N3O/c1-9-12-5-4-10(7-13(12)16-15-9)17-11-3-2-6-14-8-11/h2-8H,1H3,(H,15,16). The summed E-state index contributed by atoms with van der Waals surface area (Å²) in [5.74, 6) is 1.48. The van der Waals surface area contributed by atoms with Gasteiger partial charge in [-0.2, -0.15) is 5.10 Å². The predicted octanol–water partition coefficient (Wildman–Crippen LogP) is 3.06. The molecule has 0 aliphatic heterocycles. The Morgan fingerprint density at radius 2 is 2.12 bits per heavy atom. The quantitative estimate of drug-likeness (QED) is 0.729. The summed E-state index contributed by atoms with van der Waals surface area (Å²) >= 11 is 0. The Morgan fingerprint density at radius 3 is 2.94 bits per heavy atom. The van der Waals surface area contributed by atoms with Crippen LogP contribution in [0.3, 0.4) is 0 Å². The van der Waals surface area contributed by atoms with Gasteiger partial charge in [0.05, 0.1) is 11.7 Å². The second-order valence-electron chi connectivity index (χ2n) is 3.82. The first kappa shape index (κ1) is 9.84. The molecule has 0 fully saturated rings. The molecule has 0 aliphatic carbocycles. The van der Waals surface area contributed by atoms with Crippen LogP contribution in [0.4, 0.5) is 0 Å². The third-order valence-electron chi connectivity index (χ3n) is 2.59. The normalized spacial score (nSPS) is 10.6. The largest absolute Gasteiger partial charge is 0.456 e. The number of nitrogens with zero attached hydrogens (tertiary/aromatic N) is 2. The van der Waals surface area contributed by atoms with Crippen LogP contribution in [0.2, 0.25) is 0 Å². The molecule has 2 heterocycles. The number of hydrogen-bond donors (Lipinski definition) is 1. The Morgan fingerprint density at radius 1 is 1.18 bits per heavy atom. The third kappa shape index (κ3) is 1.85. The van der Waals surface area contributed by atoms with E-state index in [4.69, 9.17) is 4.74 Å². The lowest BCUT2D eigenvalue weighted by Crippen LogP contribution is -1.84. The molecule has 4 nitrogen and oxygen atoms in total. The summed E-state index contributed by atoms with van der Waals surface area (Å²) in [6.07, 6.45) is 3.40. The maximum absolute atomic E-state index is 5.68. The van der Waals surface area contributed by atoms with Gasteiger partial charge in [-0.25, -0.2) is 0 Å². The molecule has 0 saturated carbocycles. The molecule has 4 heteroatoms. The lowest BCUT2D eigenvalue weighted by molar-refractivity contribution is 0.481. The van der Waals surface area contributed by atoms with E-state index in [2.05, 4.69) is 15.2 Å². The van der Waals surface area contributed by atoms with E-state index in [0.717, 1.165) is 28.1 Å². The molecule has 0 atom stereocenters. The smallest absolute Gasteiger partial charge is 0.145 e. The lowest BCUT2D eigenvalue weighted by atomic mass is 10.2. The fourth-order valence-electron chi connectivity index (χ4n) is 1.73. The van der Waals surface area contributed by atoms with Crippen LogP contribution >= 0.6 is 0 Å². The van der Waals surface area contributed by atoms with Crippen LogP contribution in [0.5, 0.6) is 11.5 Å². The first-order chi connectivity index (χ1) is 8.33. The molecule has 0 unspecified atom stereocenters. The Hall–Kier alpha value is -2.36. The minimum absolute atomic E-state index is 0.721. The number of fused-ring (bicyclic) bond motifs is 1. The molecular formula is C13H11N3O. The zero-order valence-corrected chi connectivity index (χ0v) is 9.34. The molecule has 0 radical (unpaired) electrons. The van der Waals surface area contributed by atoms with Gasteiger partial charge in [-0.3, -0.25) is 10.1 Å². The number of rotatable bonds is 2. The molecule has 1 N–H and O–H groups in total. The van der Waals surface area contributed by atoms with Crippen molar-refractivity contribution in [2.45, 2.75) is 6.92 Å². The number of aryl methyl sites for hydroxylation is 1. The van der Waals surface area contributed by atoms with Crippen LogP contribution < -0.4 is 4.74 Å². The zero-order chi connectivity index (χ0) is 11.7. The molecule has 17 heavy (non-hydrogen) atoms. The van der Waals surface area contributed by atoms with Gasteiger partial charge in [-0.05, 0) is 31.2 Å². The van der Waals surface area contributed by atoms with Gasteiger partial charge in [-0.15, -0.1) is 0 Å². The van der Waals surface area contributed by atoms with Crippen molar-refractivity contribution in [3.63, 3.8) is 0 Å². The molecule has 0 amide bonds. The predicted molar refractivity (Wildman–Crippen MR) is 65.1 cm³/mol. The molecule has 2 aromatic heterocycles. The monoisotopic (exact) mass is 225 g/mol. The van der Waals surface area contributed by atoms with Gasteiger partial charge >= 0.3 is 0 Å². The van der Waals surface area contributed by atoms with Crippen LogP contribution in [-0.4, -0.2) is 15.2 Å². The van der Waals surface area contributed by atoms with E-state index < -0.39 is 0 Å². The van der Waals surface area contributed by atoms with Gasteiger partial charge in [0.1, 0.15) is 11.5 Å². The van der Waals surface area contributed by atoms with Crippen molar-refractivity contribution < 1.29 is 4.74 Å². The van der Waals surface area contributed by atoms with Crippen molar-refractivity contribution in [1.82, 2.24) is 15.2 Å². The SMILES string of the molecule is Cc1[nH]nc2cc(Oc3cccnc3)ccc12. The third-order valence-corrected chi connectivity index (χ3v) is 2.59. The van der Waals surface area contributed by atoms with E-state index in [0.29, 0.717) is 0 Å². The number of nitrogens with one attached hydrogen (secondary N) is 1. The fraction of sp³-hybridized carbons (Fsp3) is 0.0769. The highest BCUT2D eigenvalue weighted by molar-refractivity contribution is 5.82. The van der Waals surface area contributed by atoms with E-state index in [-0.39, 0.29) is 0 Å². The Labute approximate surface area is 98.3 Å². The summed E-state index contributed by atoms with van der Waals surface area (Å²) in [4.78, 5) is 4.00. The number of pyridine rings is 1. The summed E-state index contributed by atoms with van der Waals surface area (Å²) in [6.45, 7) is 2.00. The molecule has 3 rings (SSSR count). The first-order valence-electron chi connectivity index (χ1n) is 5.35. The summed E-state index contributed by atoms with van der Waals surface area (Å²) < 4.78 is 5.68. The Bertz CT molecular complexity index is 646. The van der Waals surface area contributed by atoms with Gasteiger partial charge < -0.3 is 4.74 Å². The van der Waals surface area contributed by atoms with Gasteiger partial charge in [0.15, 0.2) is 0 Å². The maximum atomic E-state index is 5.68. The number of ether oxygens (including phenoxy) is 1. The number of H-pyrrole nitrogens is 1. The molecule has 0 spiro atoms. The molecule has 0 saturated heterocycles. The highest BCUT2D eigenvalue weighted by atomic mass is 16.5. The Balaban J connectivity index is 1.96. The number of aromatic nitrogens is 3. The summed E-state index contributed by atoms with van der Waals surface area (Å²) in [7, 11) is 0. The molecule has 3 aromatic rings. The van der Waals surface area contributed by atoms with Gasteiger partial charge in [0.2, 0.25) is 0 Å². The topological polar surface area (TPSA) is 50.8 Å². The average Bonchev–Trinajstić information content (AvgIpc) is 2.72.